The van der Waals surface area contributed by atoms with Gasteiger partial charge < -0.3 is 11.1 Å². The zero-order chi connectivity index (χ0) is 14.3. The third kappa shape index (κ3) is 5.46. The molecule has 0 aromatic heterocycles. The van der Waals surface area contributed by atoms with Gasteiger partial charge in [-0.3, -0.25) is 0 Å². The van der Waals surface area contributed by atoms with Crippen LogP contribution >= 0.6 is 0 Å². The fraction of sp³-hybridized carbons (Fsp3) is 0.538. The molecule has 0 saturated heterocycles. The zero-order valence-corrected chi connectivity index (χ0v) is 10.6. The third-order valence-electron chi connectivity index (χ3n) is 2.74. The number of anilines is 1. The molecule has 6 heteroatoms. The number of alkyl halides is 3. The van der Waals surface area contributed by atoms with Crippen LogP contribution in [-0.2, 0) is 6.18 Å². The van der Waals surface area contributed by atoms with Gasteiger partial charge in [-0.15, -0.1) is 0 Å². The molecule has 1 aromatic carbocycles. The summed E-state index contributed by atoms with van der Waals surface area (Å²) in [6.07, 6.45) is -0.753. The summed E-state index contributed by atoms with van der Waals surface area (Å²) in [6, 6.07) is 2.51. The zero-order valence-electron chi connectivity index (χ0n) is 10.6. The SMILES string of the molecule is NCCCCCCNc1ccc(C(F)(F)F)cc1F. The van der Waals surface area contributed by atoms with Gasteiger partial charge in [-0.1, -0.05) is 12.8 Å². The molecule has 108 valence electrons. The molecule has 0 saturated carbocycles. The van der Waals surface area contributed by atoms with Crippen molar-refractivity contribution in [2.24, 2.45) is 5.73 Å². The van der Waals surface area contributed by atoms with Crippen molar-refractivity contribution in [3.8, 4) is 0 Å². The number of hydrogen-bond acceptors (Lipinski definition) is 2. The van der Waals surface area contributed by atoms with Crippen molar-refractivity contribution in [3.05, 3.63) is 29.6 Å². The number of nitrogens with one attached hydrogen (secondary N) is 1. The average molecular weight is 278 g/mol. The second-order valence-electron chi connectivity index (χ2n) is 4.32. The minimum Gasteiger partial charge on any atom is -0.383 e. The Labute approximate surface area is 110 Å². The first-order valence-corrected chi connectivity index (χ1v) is 6.26. The van der Waals surface area contributed by atoms with Gasteiger partial charge >= 0.3 is 6.18 Å². The Morgan fingerprint density at radius 3 is 2.32 bits per heavy atom. The van der Waals surface area contributed by atoms with E-state index in [0.717, 1.165) is 37.8 Å². The Kier molecular flexibility index (Phi) is 6.08. The Morgan fingerprint density at radius 2 is 1.74 bits per heavy atom. The smallest absolute Gasteiger partial charge is 0.383 e. The highest BCUT2D eigenvalue weighted by Crippen LogP contribution is 2.31. The minimum atomic E-state index is -4.51. The summed E-state index contributed by atoms with van der Waals surface area (Å²) >= 11 is 0. The number of hydrogen-bond donors (Lipinski definition) is 2. The highest BCUT2D eigenvalue weighted by atomic mass is 19.4. The lowest BCUT2D eigenvalue weighted by molar-refractivity contribution is -0.137. The van der Waals surface area contributed by atoms with E-state index < -0.39 is 17.6 Å². The van der Waals surface area contributed by atoms with E-state index in [4.69, 9.17) is 5.73 Å². The van der Waals surface area contributed by atoms with Gasteiger partial charge in [-0.05, 0) is 37.6 Å². The molecule has 0 heterocycles. The molecule has 0 aliphatic rings. The molecule has 0 fully saturated rings. The van der Waals surface area contributed by atoms with Crippen LogP contribution in [0.25, 0.3) is 0 Å². The van der Waals surface area contributed by atoms with Gasteiger partial charge in [0.1, 0.15) is 5.82 Å². The van der Waals surface area contributed by atoms with Crippen molar-refractivity contribution in [3.63, 3.8) is 0 Å². The van der Waals surface area contributed by atoms with Crippen LogP contribution in [0.2, 0.25) is 0 Å². The summed E-state index contributed by atoms with van der Waals surface area (Å²) < 4.78 is 50.4. The van der Waals surface area contributed by atoms with Crippen LogP contribution in [0, 0.1) is 5.82 Å². The van der Waals surface area contributed by atoms with Crippen molar-refractivity contribution in [2.75, 3.05) is 18.4 Å². The Morgan fingerprint density at radius 1 is 1.05 bits per heavy atom. The third-order valence-corrected chi connectivity index (χ3v) is 2.74. The lowest BCUT2D eigenvalue weighted by Gasteiger charge is -2.10. The van der Waals surface area contributed by atoms with Gasteiger partial charge in [0.05, 0.1) is 11.3 Å². The number of nitrogens with two attached hydrogens (primary N) is 1. The second-order valence-corrected chi connectivity index (χ2v) is 4.32. The van der Waals surface area contributed by atoms with Crippen LogP contribution in [0.4, 0.5) is 23.2 Å². The summed E-state index contributed by atoms with van der Waals surface area (Å²) in [5.74, 6) is -0.878. The van der Waals surface area contributed by atoms with Gasteiger partial charge in [0, 0.05) is 6.54 Å². The van der Waals surface area contributed by atoms with Crippen molar-refractivity contribution in [1.29, 1.82) is 0 Å². The van der Waals surface area contributed by atoms with Crippen LogP contribution in [0.1, 0.15) is 31.2 Å². The van der Waals surface area contributed by atoms with Crippen LogP contribution in [0.5, 0.6) is 0 Å². The predicted molar refractivity (Wildman–Crippen MR) is 67.4 cm³/mol. The molecule has 1 rings (SSSR count). The highest BCUT2D eigenvalue weighted by Gasteiger charge is 2.31. The van der Waals surface area contributed by atoms with E-state index in [1.165, 1.54) is 0 Å². The van der Waals surface area contributed by atoms with Gasteiger partial charge in [-0.2, -0.15) is 13.2 Å². The number of unbranched alkanes of at least 4 members (excludes halogenated alkanes) is 3. The molecule has 0 bridgehead atoms. The normalized spacial score (nSPS) is 11.6. The summed E-state index contributed by atoms with van der Waals surface area (Å²) in [6.45, 7) is 1.19. The van der Waals surface area contributed by atoms with Gasteiger partial charge in [-0.25, -0.2) is 4.39 Å². The maximum Gasteiger partial charge on any atom is 0.416 e. The van der Waals surface area contributed by atoms with E-state index in [1.807, 2.05) is 0 Å². The summed E-state index contributed by atoms with van der Waals surface area (Å²) in [7, 11) is 0. The molecule has 1 aromatic rings. The minimum absolute atomic E-state index is 0.104. The first-order chi connectivity index (χ1) is 8.95. The predicted octanol–water partition coefficient (Wildman–Crippen LogP) is 3.78. The number of benzene rings is 1. The maximum absolute atomic E-state index is 13.4. The van der Waals surface area contributed by atoms with Crippen molar-refractivity contribution < 1.29 is 17.6 Å². The van der Waals surface area contributed by atoms with Gasteiger partial charge in [0.25, 0.3) is 0 Å². The molecule has 0 radical (unpaired) electrons. The van der Waals surface area contributed by atoms with Gasteiger partial charge in [0.15, 0.2) is 0 Å². The Bertz CT molecular complexity index is 391. The van der Waals surface area contributed by atoms with E-state index in [0.29, 0.717) is 19.2 Å². The number of halogens is 4. The quantitative estimate of drug-likeness (QED) is 0.588. The average Bonchev–Trinajstić information content (AvgIpc) is 2.34. The standard InChI is InChI=1S/C13H18F4N2/c14-11-9-10(13(15,16)17)5-6-12(11)19-8-4-2-1-3-7-18/h5-6,9,19H,1-4,7-8,18H2. The molecule has 0 amide bonds. The molecular formula is C13H18F4N2. The highest BCUT2D eigenvalue weighted by molar-refractivity contribution is 5.46. The lowest BCUT2D eigenvalue weighted by atomic mass is 10.1. The van der Waals surface area contributed by atoms with Crippen LogP contribution in [-0.4, -0.2) is 13.1 Å². The largest absolute Gasteiger partial charge is 0.416 e. The molecule has 0 aliphatic carbocycles. The molecule has 0 spiro atoms. The number of rotatable bonds is 7. The van der Waals surface area contributed by atoms with E-state index in [1.54, 1.807) is 0 Å². The molecule has 2 nitrogen and oxygen atoms in total. The van der Waals surface area contributed by atoms with Crippen LogP contribution in [0.3, 0.4) is 0 Å². The fourth-order valence-corrected chi connectivity index (χ4v) is 1.68. The molecular weight excluding hydrogens is 260 g/mol. The lowest BCUT2D eigenvalue weighted by Crippen LogP contribution is -2.08. The van der Waals surface area contributed by atoms with E-state index in [-0.39, 0.29) is 5.69 Å². The summed E-state index contributed by atoms with van der Waals surface area (Å²) in [5, 5.41) is 2.79. The van der Waals surface area contributed by atoms with Crippen molar-refractivity contribution in [1.82, 2.24) is 0 Å². The monoisotopic (exact) mass is 278 g/mol. The van der Waals surface area contributed by atoms with Crippen molar-refractivity contribution >= 4 is 5.69 Å². The van der Waals surface area contributed by atoms with Crippen LogP contribution in [0.15, 0.2) is 18.2 Å². The van der Waals surface area contributed by atoms with Crippen molar-refractivity contribution in [2.45, 2.75) is 31.9 Å². The molecule has 3 N–H and O–H groups in total. The molecule has 0 atom stereocenters. The summed E-state index contributed by atoms with van der Waals surface area (Å²) in [5.41, 5.74) is 4.48. The topological polar surface area (TPSA) is 38.0 Å². The second kappa shape index (κ2) is 7.33. The van der Waals surface area contributed by atoms with E-state index >= 15 is 0 Å². The van der Waals surface area contributed by atoms with E-state index in [2.05, 4.69) is 5.32 Å². The first-order valence-electron chi connectivity index (χ1n) is 6.26. The Balaban J connectivity index is 2.43. The summed E-state index contributed by atoms with van der Waals surface area (Å²) in [4.78, 5) is 0. The molecule has 0 aliphatic heterocycles. The fourth-order valence-electron chi connectivity index (χ4n) is 1.68. The maximum atomic E-state index is 13.4. The first kappa shape index (κ1) is 15.8. The Hall–Kier alpha value is -1.30. The molecule has 0 unspecified atom stereocenters. The molecule has 19 heavy (non-hydrogen) atoms. The van der Waals surface area contributed by atoms with Crippen LogP contribution < -0.4 is 11.1 Å². The van der Waals surface area contributed by atoms with E-state index in [9.17, 15) is 17.6 Å². The van der Waals surface area contributed by atoms with Gasteiger partial charge in [0.2, 0.25) is 0 Å².